The van der Waals surface area contributed by atoms with Crippen LogP contribution in [0.25, 0.3) is 0 Å². The first-order valence-corrected chi connectivity index (χ1v) is 10.5. The highest BCUT2D eigenvalue weighted by Gasteiger charge is 2.22. The molecule has 24 heavy (non-hydrogen) atoms. The third kappa shape index (κ3) is 5.05. The summed E-state index contributed by atoms with van der Waals surface area (Å²) in [7, 11) is 4.13. The molecule has 132 valence electrons. The molecule has 0 fully saturated rings. The Hall–Kier alpha value is -1.39. The Kier molecular flexibility index (Phi) is 9.01. The lowest BCUT2D eigenvalue weighted by atomic mass is 10.1. The highest BCUT2D eigenvalue weighted by molar-refractivity contribution is 8.02. The summed E-state index contributed by atoms with van der Waals surface area (Å²) >= 11 is 3.52. The summed E-state index contributed by atoms with van der Waals surface area (Å²) in [4.78, 5) is 5.86. The quantitative estimate of drug-likeness (QED) is 0.545. The summed E-state index contributed by atoms with van der Waals surface area (Å²) in [6.07, 6.45) is 3.14. The Morgan fingerprint density at radius 1 is 1.12 bits per heavy atom. The van der Waals surface area contributed by atoms with E-state index in [1.165, 1.54) is 16.3 Å². The third-order valence-corrected chi connectivity index (χ3v) is 5.36. The summed E-state index contributed by atoms with van der Waals surface area (Å²) in [6, 6.07) is 13.4. The summed E-state index contributed by atoms with van der Waals surface area (Å²) in [5.41, 5.74) is 2.41. The van der Waals surface area contributed by atoms with Crippen LogP contribution in [0, 0.1) is 0 Å². The highest BCUT2D eigenvalue weighted by Crippen LogP contribution is 2.38. The SMILES string of the molecule is C=C(SC)N(c1ccc(N(C)C)cc1)C(CC)c1cccs1.CC. The van der Waals surface area contributed by atoms with Crippen LogP contribution in [0.5, 0.6) is 0 Å². The number of hydrogen-bond acceptors (Lipinski definition) is 4. The van der Waals surface area contributed by atoms with Gasteiger partial charge in [-0.15, -0.1) is 23.1 Å². The van der Waals surface area contributed by atoms with E-state index in [-0.39, 0.29) is 0 Å². The summed E-state index contributed by atoms with van der Waals surface area (Å²) in [5.74, 6) is 0. The minimum atomic E-state index is 0.338. The second-order valence-electron chi connectivity index (χ2n) is 5.32. The van der Waals surface area contributed by atoms with Gasteiger partial charge in [-0.25, -0.2) is 0 Å². The van der Waals surface area contributed by atoms with Gasteiger partial charge < -0.3 is 9.80 Å². The molecular weight excluding hydrogens is 332 g/mol. The molecule has 0 saturated carbocycles. The van der Waals surface area contributed by atoms with Gasteiger partial charge in [0.15, 0.2) is 0 Å². The number of rotatable bonds is 7. The predicted octanol–water partition coefficient (Wildman–Crippen LogP) is 6.63. The van der Waals surface area contributed by atoms with Crippen LogP contribution >= 0.6 is 23.1 Å². The van der Waals surface area contributed by atoms with Crippen LogP contribution in [0.2, 0.25) is 0 Å². The molecule has 2 rings (SSSR count). The lowest BCUT2D eigenvalue weighted by molar-refractivity contribution is 0.676. The van der Waals surface area contributed by atoms with Crippen LogP contribution in [-0.2, 0) is 0 Å². The third-order valence-electron chi connectivity index (χ3n) is 3.72. The van der Waals surface area contributed by atoms with Crippen LogP contribution in [-0.4, -0.2) is 20.4 Å². The van der Waals surface area contributed by atoms with Crippen molar-refractivity contribution in [2.75, 3.05) is 30.2 Å². The van der Waals surface area contributed by atoms with Crippen molar-refractivity contribution in [3.05, 3.63) is 58.3 Å². The van der Waals surface area contributed by atoms with Crippen molar-refractivity contribution in [2.45, 2.75) is 33.2 Å². The second-order valence-corrected chi connectivity index (χ2v) is 7.18. The zero-order valence-electron chi connectivity index (χ0n) is 15.7. The van der Waals surface area contributed by atoms with Gasteiger partial charge in [0.1, 0.15) is 0 Å². The Morgan fingerprint density at radius 3 is 2.12 bits per heavy atom. The average Bonchev–Trinajstić information content (AvgIpc) is 3.15. The molecule has 1 unspecified atom stereocenters. The summed E-state index contributed by atoms with van der Waals surface area (Å²) in [6.45, 7) is 10.5. The number of hydrogen-bond donors (Lipinski definition) is 0. The van der Waals surface area contributed by atoms with Gasteiger partial charge >= 0.3 is 0 Å². The minimum Gasteiger partial charge on any atom is -0.378 e. The number of thiophene rings is 1. The Balaban J connectivity index is 0.00000139. The molecule has 2 nitrogen and oxygen atoms in total. The summed E-state index contributed by atoms with van der Waals surface area (Å²) in [5, 5.41) is 3.23. The molecule has 4 heteroatoms. The minimum absolute atomic E-state index is 0.338. The predicted molar refractivity (Wildman–Crippen MR) is 115 cm³/mol. The van der Waals surface area contributed by atoms with E-state index in [4.69, 9.17) is 0 Å². The van der Waals surface area contributed by atoms with E-state index < -0.39 is 0 Å². The van der Waals surface area contributed by atoms with E-state index in [0.29, 0.717) is 6.04 Å². The monoisotopic (exact) mass is 362 g/mol. The van der Waals surface area contributed by atoms with Gasteiger partial charge in [-0.3, -0.25) is 0 Å². The van der Waals surface area contributed by atoms with Crippen molar-refractivity contribution >= 4 is 34.5 Å². The van der Waals surface area contributed by atoms with Gasteiger partial charge in [-0.05, 0) is 48.4 Å². The van der Waals surface area contributed by atoms with E-state index in [1.807, 2.05) is 25.2 Å². The zero-order chi connectivity index (χ0) is 18.1. The molecule has 1 aromatic heterocycles. The molecule has 0 radical (unpaired) electrons. The lowest BCUT2D eigenvalue weighted by Crippen LogP contribution is -2.25. The molecular formula is C20H30N2S2. The van der Waals surface area contributed by atoms with Crippen molar-refractivity contribution in [3.8, 4) is 0 Å². The molecule has 0 saturated heterocycles. The van der Waals surface area contributed by atoms with E-state index in [1.54, 1.807) is 11.8 Å². The molecule has 0 aliphatic carbocycles. The topological polar surface area (TPSA) is 6.48 Å². The fraction of sp³-hybridized carbons (Fsp3) is 0.400. The number of benzene rings is 1. The second kappa shape index (κ2) is 10.5. The van der Waals surface area contributed by atoms with Crippen LogP contribution in [0.4, 0.5) is 11.4 Å². The standard InChI is InChI=1S/C18H24N2S2.C2H6/c1-6-17(18-8-7-13-22-18)20(14(2)21-5)16-11-9-15(10-12-16)19(3)4;1-2/h7-13,17H,2,6H2,1,3-5H3;1-2H3. The van der Waals surface area contributed by atoms with Gasteiger partial charge in [-0.2, -0.15) is 0 Å². The number of anilines is 2. The normalized spacial score (nSPS) is 11.2. The van der Waals surface area contributed by atoms with Crippen LogP contribution in [0.1, 0.15) is 38.1 Å². The van der Waals surface area contributed by atoms with Gasteiger partial charge in [0, 0.05) is 30.3 Å². The molecule has 0 aliphatic heterocycles. The van der Waals surface area contributed by atoms with E-state index in [9.17, 15) is 0 Å². The molecule has 0 aliphatic rings. The number of thioether (sulfide) groups is 1. The van der Waals surface area contributed by atoms with Crippen molar-refractivity contribution in [1.82, 2.24) is 0 Å². The first-order chi connectivity index (χ1) is 11.6. The van der Waals surface area contributed by atoms with E-state index >= 15 is 0 Å². The van der Waals surface area contributed by atoms with Crippen molar-refractivity contribution < 1.29 is 0 Å². The Bertz CT molecular complexity index is 589. The average molecular weight is 363 g/mol. The van der Waals surface area contributed by atoms with Gasteiger partial charge in [0.2, 0.25) is 0 Å². The molecule has 0 amide bonds. The van der Waals surface area contributed by atoms with Crippen LogP contribution < -0.4 is 9.80 Å². The smallest absolute Gasteiger partial charge is 0.0686 e. The molecule has 1 aromatic carbocycles. The maximum absolute atomic E-state index is 4.27. The largest absolute Gasteiger partial charge is 0.378 e. The van der Waals surface area contributed by atoms with Gasteiger partial charge in [0.25, 0.3) is 0 Å². The zero-order valence-corrected chi connectivity index (χ0v) is 17.4. The molecule has 0 bridgehead atoms. The molecule has 1 heterocycles. The van der Waals surface area contributed by atoms with E-state index in [0.717, 1.165) is 11.4 Å². The fourth-order valence-electron chi connectivity index (χ4n) is 2.50. The van der Waals surface area contributed by atoms with Crippen LogP contribution in [0.15, 0.2) is 53.4 Å². The van der Waals surface area contributed by atoms with Gasteiger partial charge in [-0.1, -0.05) is 33.4 Å². The maximum Gasteiger partial charge on any atom is 0.0686 e. The molecule has 1 atom stereocenters. The maximum atomic E-state index is 4.27. The van der Waals surface area contributed by atoms with Crippen molar-refractivity contribution in [1.29, 1.82) is 0 Å². The molecule has 2 aromatic rings. The summed E-state index contributed by atoms with van der Waals surface area (Å²) < 4.78 is 0. The van der Waals surface area contributed by atoms with Crippen molar-refractivity contribution in [2.24, 2.45) is 0 Å². The van der Waals surface area contributed by atoms with Crippen LogP contribution in [0.3, 0.4) is 0 Å². The first-order valence-electron chi connectivity index (χ1n) is 8.41. The lowest BCUT2D eigenvalue weighted by Gasteiger charge is -2.33. The fourth-order valence-corrected chi connectivity index (χ4v) is 3.83. The Labute approximate surface area is 156 Å². The number of nitrogens with zero attached hydrogens (tertiary/aromatic N) is 2. The van der Waals surface area contributed by atoms with Gasteiger partial charge in [0.05, 0.1) is 11.1 Å². The molecule has 0 N–H and O–H groups in total. The molecule has 0 spiro atoms. The Morgan fingerprint density at radius 2 is 1.71 bits per heavy atom. The van der Waals surface area contributed by atoms with Crippen molar-refractivity contribution in [3.63, 3.8) is 0 Å². The highest BCUT2D eigenvalue weighted by atomic mass is 32.2. The first kappa shape index (κ1) is 20.7. The van der Waals surface area contributed by atoms with E-state index in [2.05, 4.69) is 85.4 Å².